The van der Waals surface area contributed by atoms with Gasteiger partial charge in [0.2, 0.25) is 6.79 Å². The quantitative estimate of drug-likeness (QED) is 0.913. The highest BCUT2D eigenvalue weighted by Crippen LogP contribution is 2.50. The summed E-state index contributed by atoms with van der Waals surface area (Å²) in [5.74, 6) is 1.73. The van der Waals surface area contributed by atoms with E-state index in [-0.39, 0.29) is 5.41 Å². The lowest BCUT2D eigenvalue weighted by Gasteiger charge is -2.42. The van der Waals surface area contributed by atoms with Gasteiger partial charge in [-0.05, 0) is 31.4 Å². The highest BCUT2D eigenvalue weighted by atomic mass is 79.9. The summed E-state index contributed by atoms with van der Waals surface area (Å²) in [5, 5.41) is 0. The van der Waals surface area contributed by atoms with Crippen LogP contribution in [0.4, 0.5) is 0 Å². The Morgan fingerprint density at radius 2 is 2.18 bits per heavy atom. The SMILES string of the molecule is Cc1c(Br)c(C2(CN)CCC2)cc2c1OCO2. The Morgan fingerprint density at radius 1 is 1.41 bits per heavy atom. The molecule has 1 aliphatic carbocycles. The molecular weight excluding hydrogens is 282 g/mol. The van der Waals surface area contributed by atoms with E-state index in [0.29, 0.717) is 13.3 Å². The van der Waals surface area contributed by atoms with E-state index < -0.39 is 0 Å². The zero-order valence-electron chi connectivity index (χ0n) is 9.88. The van der Waals surface area contributed by atoms with Crippen molar-refractivity contribution in [3.63, 3.8) is 0 Å². The molecule has 0 aromatic heterocycles. The molecule has 1 heterocycles. The maximum Gasteiger partial charge on any atom is 0.231 e. The summed E-state index contributed by atoms with van der Waals surface area (Å²) < 4.78 is 12.1. The van der Waals surface area contributed by atoms with Crippen molar-refractivity contribution in [3.05, 3.63) is 21.7 Å². The second-order valence-corrected chi connectivity index (χ2v) is 5.73. The molecule has 2 aliphatic rings. The molecule has 0 radical (unpaired) electrons. The van der Waals surface area contributed by atoms with Gasteiger partial charge in [-0.25, -0.2) is 0 Å². The fourth-order valence-corrected chi connectivity index (χ4v) is 3.47. The lowest BCUT2D eigenvalue weighted by atomic mass is 9.64. The maximum absolute atomic E-state index is 5.97. The Labute approximate surface area is 109 Å². The second kappa shape index (κ2) is 3.89. The average molecular weight is 298 g/mol. The fourth-order valence-electron chi connectivity index (χ4n) is 2.76. The van der Waals surface area contributed by atoms with Gasteiger partial charge in [-0.15, -0.1) is 0 Å². The predicted octanol–water partition coefficient (Wildman–Crippen LogP) is 2.87. The van der Waals surface area contributed by atoms with Crippen LogP contribution in [0.1, 0.15) is 30.4 Å². The molecule has 1 aromatic rings. The molecule has 0 saturated heterocycles. The number of benzene rings is 1. The van der Waals surface area contributed by atoms with Crippen molar-refractivity contribution in [2.24, 2.45) is 5.73 Å². The molecule has 4 heteroatoms. The first-order valence-electron chi connectivity index (χ1n) is 5.97. The largest absolute Gasteiger partial charge is 0.454 e. The summed E-state index contributed by atoms with van der Waals surface area (Å²) in [6, 6.07) is 2.10. The number of hydrogen-bond donors (Lipinski definition) is 1. The van der Waals surface area contributed by atoms with Gasteiger partial charge in [-0.2, -0.15) is 0 Å². The Kier molecular flexibility index (Phi) is 2.60. The van der Waals surface area contributed by atoms with Gasteiger partial charge in [0, 0.05) is 22.0 Å². The van der Waals surface area contributed by atoms with Crippen molar-refractivity contribution in [2.45, 2.75) is 31.6 Å². The molecule has 2 N–H and O–H groups in total. The summed E-state index contributed by atoms with van der Waals surface area (Å²) in [6.07, 6.45) is 3.60. The molecule has 0 spiro atoms. The number of rotatable bonds is 2. The monoisotopic (exact) mass is 297 g/mol. The Bertz CT molecular complexity index is 463. The zero-order chi connectivity index (χ0) is 12.0. The van der Waals surface area contributed by atoms with Gasteiger partial charge in [-0.1, -0.05) is 22.4 Å². The van der Waals surface area contributed by atoms with Gasteiger partial charge in [0.1, 0.15) is 0 Å². The van der Waals surface area contributed by atoms with Crippen molar-refractivity contribution in [1.29, 1.82) is 0 Å². The number of fused-ring (bicyclic) bond motifs is 1. The summed E-state index contributed by atoms with van der Waals surface area (Å²) >= 11 is 3.69. The summed E-state index contributed by atoms with van der Waals surface area (Å²) in [5.41, 5.74) is 8.52. The normalized spacial score (nSPS) is 20.2. The van der Waals surface area contributed by atoms with Gasteiger partial charge in [0.25, 0.3) is 0 Å². The molecule has 1 fully saturated rings. The highest BCUT2D eigenvalue weighted by molar-refractivity contribution is 9.10. The molecule has 1 saturated carbocycles. The van der Waals surface area contributed by atoms with Crippen LogP contribution < -0.4 is 15.2 Å². The molecule has 92 valence electrons. The van der Waals surface area contributed by atoms with Gasteiger partial charge in [-0.3, -0.25) is 0 Å². The molecule has 17 heavy (non-hydrogen) atoms. The first-order valence-corrected chi connectivity index (χ1v) is 6.76. The molecule has 0 atom stereocenters. The molecule has 1 aromatic carbocycles. The Balaban J connectivity index is 2.14. The highest BCUT2D eigenvalue weighted by Gasteiger charge is 2.40. The number of nitrogens with two attached hydrogens (primary N) is 1. The third kappa shape index (κ3) is 1.50. The first kappa shape index (κ1) is 11.4. The van der Waals surface area contributed by atoms with E-state index in [2.05, 4.69) is 28.9 Å². The van der Waals surface area contributed by atoms with Crippen molar-refractivity contribution in [1.82, 2.24) is 0 Å². The fraction of sp³-hybridized carbons (Fsp3) is 0.538. The standard InChI is InChI=1S/C13H16BrNO2/c1-8-11(14)9(13(6-15)3-2-4-13)5-10-12(8)17-7-16-10/h5H,2-4,6-7,15H2,1H3. The van der Waals surface area contributed by atoms with E-state index in [0.717, 1.165) is 21.5 Å². The minimum Gasteiger partial charge on any atom is -0.454 e. The molecular formula is C13H16BrNO2. The number of halogens is 1. The van der Waals surface area contributed by atoms with Crippen LogP contribution in [0.15, 0.2) is 10.5 Å². The van der Waals surface area contributed by atoms with E-state index in [9.17, 15) is 0 Å². The van der Waals surface area contributed by atoms with Gasteiger partial charge in [0.05, 0.1) is 0 Å². The topological polar surface area (TPSA) is 44.5 Å². The van der Waals surface area contributed by atoms with Gasteiger partial charge in [0.15, 0.2) is 11.5 Å². The summed E-state index contributed by atoms with van der Waals surface area (Å²) in [7, 11) is 0. The minimum atomic E-state index is 0.143. The maximum atomic E-state index is 5.97. The average Bonchev–Trinajstić information content (AvgIpc) is 2.72. The molecule has 0 unspecified atom stereocenters. The lowest BCUT2D eigenvalue weighted by molar-refractivity contribution is 0.173. The molecule has 0 amide bonds. The van der Waals surface area contributed by atoms with Crippen LogP contribution in [0, 0.1) is 6.92 Å². The smallest absolute Gasteiger partial charge is 0.231 e. The Morgan fingerprint density at radius 3 is 2.76 bits per heavy atom. The van der Waals surface area contributed by atoms with Crippen molar-refractivity contribution in [3.8, 4) is 11.5 Å². The predicted molar refractivity (Wildman–Crippen MR) is 69.6 cm³/mol. The zero-order valence-corrected chi connectivity index (χ0v) is 11.5. The first-order chi connectivity index (χ1) is 8.18. The molecule has 3 nitrogen and oxygen atoms in total. The summed E-state index contributed by atoms with van der Waals surface area (Å²) in [6.45, 7) is 3.08. The Hall–Kier alpha value is -0.740. The number of ether oxygens (including phenoxy) is 2. The van der Waals surface area contributed by atoms with E-state index >= 15 is 0 Å². The van der Waals surface area contributed by atoms with E-state index in [1.807, 2.05) is 0 Å². The van der Waals surface area contributed by atoms with Gasteiger partial charge >= 0.3 is 0 Å². The second-order valence-electron chi connectivity index (χ2n) is 4.93. The van der Waals surface area contributed by atoms with Crippen molar-refractivity contribution >= 4 is 15.9 Å². The van der Waals surface area contributed by atoms with Crippen LogP contribution in [0.5, 0.6) is 11.5 Å². The third-order valence-electron chi connectivity index (χ3n) is 4.10. The van der Waals surface area contributed by atoms with E-state index in [1.165, 1.54) is 24.8 Å². The van der Waals surface area contributed by atoms with Crippen LogP contribution in [-0.4, -0.2) is 13.3 Å². The molecule has 3 rings (SSSR count). The summed E-state index contributed by atoms with van der Waals surface area (Å²) in [4.78, 5) is 0. The van der Waals surface area contributed by atoms with Crippen LogP contribution in [0.2, 0.25) is 0 Å². The van der Waals surface area contributed by atoms with Gasteiger partial charge < -0.3 is 15.2 Å². The van der Waals surface area contributed by atoms with Crippen molar-refractivity contribution < 1.29 is 9.47 Å². The van der Waals surface area contributed by atoms with E-state index in [4.69, 9.17) is 15.2 Å². The molecule has 0 bridgehead atoms. The number of hydrogen-bond acceptors (Lipinski definition) is 3. The lowest BCUT2D eigenvalue weighted by Crippen LogP contribution is -2.41. The van der Waals surface area contributed by atoms with Crippen LogP contribution in [0.25, 0.3) is 0 Å². The minimum absolute atomic E-state index is 0.143. The van der Waals surface area contributed by atoms with Crippen LogP contribution in [-0.2, 0) is 5.41 Å². The van der Waals surface area contributed by atoms with Crippen LogP contribution in [0.3, 0.4) is 0 Å². The van der Waals surface area contributed by atoms with Crippen LogP contribution >= 0.6 is 15.9 Å². The van der Waals surface area contributed by atoms with E-state index in [1.54, 1.807) is 0 Å². The third-order valence-corrected chi connectivity index (χ3v) is 5.12. The van der Waals surface area contributed by atoms with Crippen molar-refractivity contribution in [2.75, 3.05) is 13.3 Å². The molecule has 1 aliphatic heterocycles.